The molecule has 2 rings (SSSR count). The van der Waals surface area contributed by atoms with Crippen LogP contribution in [0.4, 0.5) is 4.39 Å². The molecule has 0 aliphatic heterocycles. The van der Waals surface area contributed by atoms with Crippen LogP contribution >= 0.6 is 0 Å². The lowest BCUT2D eigenvalue weighted by atomic mass is 9.94. The molecule has 0 spiro atoms. The molecule has 0 radical (unpaired) electrons. The van der Waals surface area contributed by atoms with Crippen molar-refractivity contribution in [1.82, 2.24) is 0 Å². The van der Waals surface area contributed by atoms with Gasteiger partial charge in [-0.2, -0.15) is 0 Å². The van der Waals surface area contributed by atoms with Gasteiger partial charge < -0.3 is 10.5 Å². The van der Waals surface area contributed by atoms with Gasteiger partial charge in [-0.3, -0.25) is 0 Å². The Morgan fingerprint density at radius 2 is 1.86 bits per heavy atom. The molecule has 2 unspecified atom stereocenters. The van der Waals surface area contributed by atoms with Gasteiger partial charge in [-0.05, 0) is 49.1 Å². The Kier molecular flexibility index (Phi) is 5.48. The first kappa shape index (κ1) is 15.7. The molecule has 0 fully saturated rings. The van der Waals surface area contributed by atoms with Gasteiger partial charge in [-0.1, -0.05) is 36.4 Å². The first-order valence-electron chi connectivity index (χ1n) is 7.29. The number of hydrogen-bond acceptors (Lipinski definition) is 2. The van der Waals surface area contributed by atoms with Crippen LogP contribution in [0.2, 0.25) is 0 Å². The summed E-state index contributed by atoms with van der Waals surface area (Å²) in [6, 6.07) is 14.5. The van der Waals surface area contributed by atoms with Gasteiger partial charge >= 0.3 is 0 Å². The van der Waals surface area contributed by atoms with Crippen LogP contribution in [0.1, 0.15) is 29.7 Å². The highest BCUT2D eigenvalue weighted by Gasteiger charge is 2.21. The topological polar surface area (TPSA) is 35.2 Å². The molecule has 0 saturated heterocycles. The standard InChI is InChI=1S/C18H22FNO/c1-3-21-18(14-7-5-4-6-8-14)17(20)12-15-11-16(19)10-9-13(15)2/h4-11,17-18H,3,12,20H2,1-2H3. The monoisotopic (exact) mass is 287 g/mol. The lowest BCUT2D eigenvalue weighted by molar-refractivity contribution is 0.0433. The average Bonchev–Trinajstić information content (AvgIpc) is 2.49. The Bertz CT molecular complexity index is 571. The fourth-order valence-electron chi connectivity index (χ4n) is 2.51. The van der Waals surface area contributed by atoms with Crippen LogP contribution in [0.5, 0.6) is 0 Å². The van der Waals surface area contributed by atoms with Crippen LogP contribution < -0.4 is 5.73 Å². The zero-order valence-electron chi connectivity index (χ0n) is 12.6. The van der Waals surface area contributed by atoms with Crippen LogP contribution in [0.15, 0.2) is 48.5 Å². The molecular formula is C18H22FNO. The van der Waals surface area contributed by atoms with E-state index in [4.69, 9.17) is 10.5 Å². The SMILES string of the molecule is CCOC(c1ccccc1)C(N)Cc1cc(F)ccc1C. The van der Waals surface area contributed by atoms with Crippen LogP contribution in [0.3, 0.4) is 0 Å². The Labute approximate surface area is 125 Å². The number of benzene rings is 2. The Hall–Kier alpha value is -1.71. The molecule has 2 aromatic rings. The second-order valence-electron chi connectivity index (χ2n) is 5.23. The van der Waals surface area contributed by atoms with E-state index in [0.717, 1.165) is 16.7 Å². The van der Waals surface area contributed by atoms with Gasteiger partial charge in [0, 0.05) is 12.6 Å². The Morgan fingerprint density at radius 1 is 1.14 bits per heavy atom. The quantitative estimate of drug-likeness (QED) is 0.877. The molecule has 2 atom stereocenters. The van der Waals surface area contributed by atoms with Crippen molar-refractivity contribution in [2.24, 2.45) is 5.73 Å². The molecule has 2 nitrogen and oxygen atoms in total. The van der Waals surface area contributed by atoms with E-state index in [2.05, 4.69) is 0 Å². The molecule has 0 saturated carbocycles. The second kappa shape index (κ2) is 7.34. The summed E-state index contributed by atoms with van der Waals surface area (Å²) in [4.78, 5) is 0. The minimum Gasteiger partial charge on any atom is -0.372 e. The Balaban J connectivity index is 2.19. The van der Waals surface area contributed by atoms with E-state index in [1.165, 1.54) is 6.07 Å². The van der Waals surface area contributed by atoms with Crippen molar-refractivity contribution in [1.29, 1.82) is 0 Å². The van der Waals surface area contributed by atoms with Gasteiger partial charge in [0.15, 0.2) is 0 Å². The number of ether oxygens (including phenoxy) is 1. The highest BCUT2D eigenvalue weighted by atomic mass is 19.1. The summed E-state index contributed by atoms with van der Waals surface area (Å²) >= 11 is 0. The van der Waals surface area contributed by atoms with Gasteiger partial charge in [0.05, 0.1) is 6.10 Å². The van der Waals surface area contributed by atoms with Crippen LogP contribution in [-0.4, -0.2) is 12.6 Å². The third-order valence-electron chi connectivity index (χ3n) is 3.63. The average molecular weight is 287 g/mol. The molecule has 0 aliphatic carbocycles. The zero-order chi connectivity index (χ0) is 15.2. The number of hydrogen-bond donors (Lipinski definition) is 1. The summed E-state index contributed by atoms with van der Waals surface area (Å²) in [5.41, 5.74) is 9.38. The summed E-state index contributed by atoms with van der Waals surface area (Å²) in [6.07, 6.45) is 0.405. The smallest absolute Gasteiger partial charge is 0.123 e. The van der Waals surface area contributed by atoms with E-state index in [-0.39, 0.29) is 18.0 Å². The van der Waals surface area contributed by atoms with Crippen molar-refractivity contribution in [2.75, 3.05) is 6.61 Å². The maximum atomic E-state index is 13.4. The summed E-state index contributed by atoms with van der Waals surface area (Å²) in [7, 11) is 0. The maximum Gasteiger partial charge on any atom is 0.123 e. The third-order valence-corrected chi connectivity index (χ3v) is 3.63. The van der Waals surface area contributed by atoms with Crippen LogP contribution in [0.25, 0.3) is 0 Å². The summed E-state index contributed by atoms with van der Waals surface area (Å²) < 4.78 is 19.2. The summed E-state index contributed by atoms with van der Waals surface area (Å²) in [6.45, 7) is 4.52. The Morgan fingerprint density at radius 3 is 2.52 bits per heavy atom. The third kappa shape index (κ3) is 4.13. The van der Waals surface area contributed by atoms with E-state index in [0.29, 0.717) is 13.0 Å². The first-order valence-corrected chi connectivity index (χ1v) is 7.29. The van der Waals surface area contributed by atoms with Crippen molar-refractivity contribution >= 4 is 0 Å². The van der Waals surface area contributed by atoms with Crippen molar-refractivity contribution in [2.45, 2.75) is 32.4 Å². The van der Waals surface area contributed by atoms with Gasteiger partial charge in [0.2, 0.25) is 0 Å². The predicted molar refractivity (Wildman–Crippen MR) is 83.6 cm³/mol. The normalized spacial score (nSPS) is 13.9. The second-order valence-corrected chi connectivity index (χ2v) is 5.23. The van der Waals surface area contributed by atoms with Gasteiger partial charge in [-0.25, -0.2) is 4.39 Å². The molecule has 3 heteroatoms. The zero-order valence-corrected chi connectivity index (χ0v) is 12.6. The van der Waals surface area contributed by atoms with E-state index in [9.17, 15) is 4.39 Å². The fourth-order valence-corrected chi connectivity index (χ4v) is 2.51. The first-order chi connectivity index (χ1) is 10.1. The van der Waals surface area contributed by atoms with E-state index in [1.807, 2.05) is 44.2 Å². The molecule has 0 heterocycles. The molecule has 0 amide bonds. The minimum atomic E-state index is -0.226. The molecule has 21 heavy (non-hydrogen) atoms. The molecule has 2 aromatic carbocycles. The highest BCUT2D eigenvalue weighted by Crippen LogP contribution is 2.23. The largest absolute Gasteiger partial charge is 0.372 e. The number of aryl methyl sites for hydroxylation is 1. The molecule has 112 valence electrons. The van der Waals surface area contributed by atoms with Gasteiger partial charge in [0.1, 0.15) is 5.82 Å². The van der Waals surface area contributed by atoms with Crippen LogP contribution in [0, 0.1) is 12.7 Å². The fraction of sp³-hybridized carbons (Fsp3) is 0.333. The molecule has 2 N–H and O–H groups in total. The lowest BCUT2D eigenvalue weighted by Crippen LogP contribution is -2.32. The molecule has 0 aromatic heterocycles. The molecular weight excluding hydrogens is 265 g/mol. The predicted octanol–water partition coefficient (Wildman–Crippen LogP) is 3.78. The number of rotatable bonds is 6. The van der Waals surface area contributed by atoms with Crippen LogP contribution in [-0.2, 0) is 11.2 Å². The van der Waals surface area contributed by atoms with Crippen molar-refractivity contribution in [3.05, 3.63) is 71.0 Å². The summed E-state index contributed by atoms with van der Waals surface area (Å²) in [5, 5.41) is 0. The highest BCUT2D eigenvalue weighted by molar-refractivity contribution is 5.28. The van der Waals surface area contributed by atoms with E-state index >= 15 is 0 Å². The number of nitrogens with two attached hydrogens (primary N) is 1. The molecule has 0 aliphatic rings. The van der Waals surface area contributed by atoms with E-state index in [1.54, 1.807) is 12.1 Å². The van der Waals surface area contributed by atoms with Crippen molar-refractivity contribution < 1.29 is 9.13 Å². The van der Waals surface area contributed by atoms with Crippen molar-refractivity contribution in [3.8, 4) is 0 Å². The number of halogens is 1. The van der Waals surface area contributed by atoms with Gasteiger partial charge in [0.25, 0.3) is 0 Å². The molecule has 0 bridgehead atoms. The van der Waals surface area contributed by atoms with Gasteiger partial charge in [-0.15, -0.1) is 0 Å². The lowest BCUT2D eigenvalue weighted by Gasteiger charge is -2.25. The minimum absolute atomic E-state index is 0.182. The maximum absolute atomic E-state index is 13.4. The van der Waals surface area contributed by atoms with Crippen molar-refractivity contribution in [3.63, 3.8) is 0 Å². The van der Waals surface area contributed by atoms with E-state index < -0.39 is 0 Å². The summed E-state index contributed by atoms with van der Waals surface area (Å²) in [5.74, 6) is -0.226.